The fraction of sp³-hybridized carbons (Fsp3) is 0.552. The van der Waals surface area contributed by atoms with Crippen molar-refractivity contribution in [2.75, 3.05) is 33.4 Å². The van der Waals surface area contributed by atoms with Crippen LogP contribution in [0.4, 0.5) is 4.79 Å². The third-order valence-electron chi connectivity index (χ3n) is 9.12. The molecule has 194 valence electrons. The van der Waals surface area contributed by atoms with Gasteiger partial charge < -0.3 is 9.80 Å². The first-order valence-electron chi connectivity index (χ1n) is 13.2. The lowest BCUT2D eigenvalue weighted by Gasteiger charge is -2.51. The summed E-state index contributed by atoms with van der Waals surface area (Å²) in [4.78, 5) is 20.7. The van der Waals surface area contributed by atoms with Gasteiger partial charge in [0.1, 0.15) is 0 Å². The number of carbonyl (C=O) groups excluding carboxylic acids is 1. The second kappa shape index (κ2) is 9.49. The molecule has 2 aromatic rings. The van der Waals surface area contributed by atoms with E-state index >= 15 is 0 Å². The van der Waals surface area contributed by atoms with E-state index in [2.05, 4.69) is 54.2 Å². The summed E-state index contributed by atoms with van der Waals surface area (Å²) in [5, 5.41) is 0. The molecule has 7 heteroatoms. The summed E-state index contributed by atoms with van der Waals surface area (Å²) in [7, 11) is 1.14. The van der Waals surface area contributed by atoms with Crippen LogP contribution in [0.2, 0.25) is 0 Å². The third kappa shape index (κ3) is 4.56. The highest BCUT2D eigenvalue weighted by Gasteiger charge is 2.54. The van der Waals surface area contributed by atoms with Crippen LogP contribution in [-0.4, -0.2) is 68.1 Å². The smallest absolute Gasteiger partial charge is 0.318 e. The summed E-state index contributed by atoms with van der Waals surface area (Å²) in [6, 6.07) is 18.0. The van der Waals surface area contributed by atoms with Gasteiger partial charge in [0.2, 0.25) is 0 Å². The van der Waals surface area contributed by atoms with Crippen LogP contribution in [0, 0.1) is 5.92 Å². The molecule has 1 spiro atoms. The van der Waals surface area contributed by atoms with Crippen LogP contribution in [0.1, 0.15) is 56.1 Å². The number of nitrogens with zero attached hydrogens (tertiary/aromatic N) is 3. The van der Waals surface area contributed by atoms with Gasteiger partial charge in [-0.3, -0.25) is 4.90 Å². The minimum atomic E-state index is -3.23. The quantitative estimate of drug-likeness (QED) is 0.533. The third-order valence-corrected chi connectivity index (χ3v) is 10.3. The van der Waals surface area contributed by atoms with Crippen molar-refractivity contribution < 1.29 is 13.2 Å². The van der Waals surface area contributed by atoms with Gasteiger partial charge in [0.15, 0.2) is 9.84 Å². The van der Waals surface area contributed by atoms with E-state index in [0.29, 0.717) is 17.4 Å². The Morgan fingerprint density at radius 2 is 1.58 bits per heavy atom. The van der Waals surface area contributed by atoms with Crippen LogP contribution >= 0.6 is 0 Å². The first-order valence-corrected chi connectivity index (χ1v) is 15.1. The van der Waals surface area contributed by atoms with Gasteiger partial charge in [-0.25, -0.2) is 13.2 Å². The highest BCUT2D eigenvalue weighted by molar-refractivity contribution is 7.90. The first-order chi connectivity index (χ1) is 17.1. The summed E-state index contributed by atoms with van der Waals surface area (Å²) >= 11 is 0. The Labute approximate surface area is 216 Å². The molecule has 3 aliphatic rings. The van der Waals surface area contributed by atoms with Crippen molar-refractivity contribution in [3.05, 3.63) is 65.7 Å². The molecule has 1 saturated heterocycles. The standard InChI is InChI=1S/C29H39N3O3S/c1-30(2)29(25-10-5-4-6-11-25)18-16-28(17-19-29)22-31(27(33)32(28)21-23-8-7-9-23)20-24-12-14-26(15-13-24)36(3,34)35/h4-6,10-15,23H,7-9,16-22H2,1-3H3. The van der Waals surface area contributed by atoms with Gasteiger partial charge in [0.05, 0.1) is 10.4 Å². The van der Waals surface area contributed by atoms with Crippen molar-refractivity contribution in [3.8, 4) is 0 Å². The Balaban J connectivity index is 1.38. The zero-order chi connectivity index (χ0) is 25.6. The lowest BCUT2D eigenvalue weighted by Crippen LogP contribution is -2.56. The molecule has 0 atom stereocenters. The maximum absolute atomic E-state index is 13.8. The second-order valence-electron chi connectivity index (χ2n) is 11.5. The number of amides is 2. The number of hydrogen-bond donors (Lipinski definition) is 0. The van der Waals surface area contributed by atoms with E-state index in [1.54, 1.807) is 12.1 Å². The molecular formula is C29H39N3O3S. The zero-order valence-corrected chi connectivity index (χ0v) is 22.6. The van der Waals surface area contributed by atoms with Crippen molar-refractivity contribution in [2.24, 2.45) is 5.92 Å². The Hall–Kier alpha value is -2.38. The molecule has 0 aromatic heterocycles. The van der Waals surface area contributed by atoms with Gasteiger partial charge in [-0.05, 0) is 81.8 Å². The molecule has 0 N–H and O–H groups in total. The van der Waals surface area contributed by atoms with Gasteiger partial charge in [-0.1, -0.05) is 48.9 Å². The maximum Gasteiger partial charge on any atom is 0.320 e. The molecule has 6 nitrogen and oxygen atoms in total. The molecule has 0 unspecified atom stereocenters. The minimum absolute atomic E-state index is 0.00735. The van der Waals surface area contributed by atoms with Crippen molar-refractivity contribution in [1.82, 2.24) is 14.7 Å². The van der Waals surface area contributed by atoms with E-state index in [-0.39, 0.29) is 17.1 Å². The molecule has 2 amide bonds. The number of carbonyl (C=O) groups is 1. The number of benzene rings is 2. The van der Waals surface area contributed by atoms with Crippen molar-refractivity contribution in [3.63, 3.8) is 0 Å². The minimum Gasteiger partial charge on any atom is -0.318 e. The largest absolute Gasteiger partial charge is 0.320 e. The second-order valence-corrected chi connectivity index (χ2v) is 13.5. The monoisotopic (exact) mass is 509 g/mol. The average Bonchev–Trinajstić information content (AvgIpc) is 3.07. The SMILES string of the molecule is CN(C)C1(c2ccccc2)CCC2(CC1)CN(Cc1ccc(S(C)(=O)=O)cc1)C(=O)N2CC1CCC1. The fourth-order valence-corrected chi connectivity index (χ4v) is 7.20. The van der Waals surface area contributed by atoms with Gasteiger partial charge in [-0.2, -0.15) is 0 Å². The molecule has 2 saturated carbocycles. The van der Waals surface area contributed by atoms with E-state index in [0.717, 1.165) is 44.3 Å². The van der Waals surface area contributed by atoms with E-state index in [1.807, 2.05) is 17.0 Å². The number of sulfone groups is 1. The highest BCUT2D eigenvalue weighted by atomic mass is 32.2. The average molecular weight is 510 g/mol. The van der Waals surface area contributed by atoms with Gasteiger partial charge >= 0.3 is 6.03 Å². The Bertz CT molecular complexity index is 1180. The summed E-state index contributed by atoms with van der Waals surface area (Å²) in [5.74, 6) is 0.620. The molecule has 2 aliphatic carbocycles. The Kier molecular flexibility index (Phi) is 6.66. The van der Waals surface area contributed by atoms with Crippen LogP contribution in [0.5, 0.6) is 0 Å². The first kappa shape index (κ1) is 25.3. The number of rotatable bonds is 7. The van der Waals surface area contributed by atoms with E-state index in [4.69, 9.17) is 0 Å². The molecule has 0 radical (unpaired) electrons. The molecule has 5 rings (SSSR count). The fourth-order valence-electron chi connectivity index (χ4n) is 6.57. The molecule has 3 fully saturated rings. The van der Waals surface area contributed by atoms with E-state index < -0.39 is 9.84 Å². The summed E-state index contributed by atoms with van der Waals surface area (Å²) in [5.41, 5.74) is 2.20. The van der Waals surface area contributed by atoms with Crippen molar-refractivity contribution in [2.45, 2.75) is 67.5 Å². The highest BCUT2D eigenvalue weighted by Crippen LogP contribution is 2.49. The molecule has 1 heterocycles. The van der Waals surface area contributed by atoms with Crippen molar-refractivity contribution >= 4 is 15.9 Å². The molecule has 0 bridgehead atoms. The van der Waals surface area contributed by atoms with E-state index in [9.17, 15) is 13.2 Å². The lowest BCUT2D eigenvalue weighted by molar-refractivity contribution is 0.0159. The lowest BCUT2D eigenvalue weighted by atomic mass is 9.68. The number of urea groups is 1. The van der Waals surface area contributed by atoms with Gasteiger partial charge in [0.25, 0.3) is 0 Å². The predicted octanol–water partition coefficient (Wildman–Crippen LogP) is 4.90. The topological polar surface area (TPSA) is 60.9 Å². The Morgan fingerprint density at radius 3 is 2.11 bits per heavy atom. The number of hydrogen-bond acceptors (Lipinski definition) is 4. The molecule has 1 aliphatic heterocycles. The van der Waals surface area contributed by atoms with Crippen LogP contribution in [0.3, 0.4) is 0 Å². The Morgan fingerprint density at radius 1 is 0.944 bits per heavy atom. The zero-order valence-electron chi connectivity index (χ0n) is 21.8. The van der Waals surface area contributed by atoms with Crippen molar-refractivity contribution in [1.29, 1.82) is 0 Å². The van der Waals surface area contributed by atoms with Gasteiger partial charge in [-0.15, -0.1) is 0 Å². The normalized spacial score (nSPS) is 27.2. The molecule has 36 heavy (non-hydrogen) atoms. The van der Waals surface area contributed by atoms with Crippen LogP contribution in [0.15, 0.2) is 59.5 Å². The summed E-state index contributed by atoms with van der Waals surface area (Å²) < 4.78 is 23.7. The van der Waals surface area contributed by atoms with E-state index in [1.165, 1.54) is 31.1 Å². The predicted molar refractivity (Wildman–Crippen MR) is 142 cm³/mol. The summed E-state index contributed by atoms with van der Waals surface area (Å²) in [6.45, 7) is 2.12. The van der Waals surface area contributed by atoms with Gasteiger partial charge in [0, 0.05) is 31.4 Å². The van der Waals surface area contributed by atoms with Crippen LogP contribution in [0.25, 0.3) is 0 Å². The summed E-state index contributed by atoms with van der Waals surface area (Å²) in [6.07, 6.45) is 8.96. The molecule has 2 aromatic carbocycles. The van der Waals surface area contributed by atoms with Crippen LogP contribution in [-0.2, 0) is 21.9 Å². The molecular weight excluding hydrogens is 470 g/mol. The van der Waals surface area contributed by atoms with Crippen LogP contribution < -0.4 is 0 Å². The maximum atomic E-state index is 13.8.